The highest BCUT2D eigenvalue weighted by Crippen LogP contribution is 2.36. The van der Waals surface area contributed by atoms with Gasteiger partial charge in [0.1, 0.15) is 11.2 Å². The van der Waals surface area contributed by atoms with E-state index in [1.165, 1.54) is 35.0 Å². The second kappa shape index (κ2) is 7.68. The van der Waals surface area contributed by atoms with Gasteiger partial charge in [-0.05, 0) is 62.1 Å². The van der Waals surface area contributed by atoms with Gasteiger partial charge >= 0.3 is 0 Å². The molecule has 0 radical (unpaired) electrons. The topological polar surface area (TPSA) is 50.8 Å². The number of fused-ring (bicyclic) bond motifs is 5. The zero-order valence-corrected chi connectivity index (χ0v) is 19.0. The van der Waals surface area contributed by atoms with E-state index in [0.717, 1.165) is 88.3 Å². The Hall–Kier alpha value is -3.22. The van der Waals surface area contributed by atoms with Gasteiger partial charge in [-0.25, -0.2) is 0 Å². The minimum Gasteiger partial charge on any atom is -0.456 e. The van der Waals surface area contributed by atoms with Crippen LogP contribution in [0.3, 0.4) is 0 Å². The summed E-state index contributed by atoms with van der Waals surface area (Å²) in [4.78, 5) is 19.4. The number of anilines is 2. The third kappa shape index (κ3) is 3.16. The molecule has 33 heavy (non-hydrogen) atoms. The molecule has 0 N–H and O–H groups in total. The number of nitrogens with zero attached hydrogens (tertiary/aromatic N) is 6. The Morgan fingerprint density at radius 2 is 1.06 bits per heavy atom. The molecule has 0 atom stereocenters. The molecule has 7 nitrogen and oxygen atoms in total. The van der Waals surface area contributed by atoms with Crippen molar-refractivity contribution < 1.29 is 4.42 Å². The smallest absolute Gasteiger partial charge is 0.201 e. The summed E-state index contributed by atoms with van der Waals surface area (Å²) in [7, 11) is 0. The molecule has 1 aromatic heterocycles. The van der Waals surface area contributed by atoms with E-state index in [1.54, 1.807) is 0 Å². The van der Waals surface area contributed by atoms with Gasteiger partial charge in [-0.15, -0.1) is 0 Å². The van der Waals surface area contributed by atoms with E-state index in [0.29, 0.717) is 0 Å². The molecular formula is C26H30N6O. The highest BCUT2D eigenvalue weighted by Gasteiger charge is 2.28. The Morgan fingerprint density at radius 1 is 0.576 bits per heavy atom. The third-order valence-electron chi connectivity index (χ3n) is 7.41. The fraction of sp³-hybridized carbons (Fsp3) is 0.462. The van der Waals surface area contributed by atoms with Crippen LogP contribution in [0.1, 0.15) is 25.7 Å². The van der Waals surface area contributed by atoms with Crippen molar-refractivity contribution in [2.45, 2.75) is 25.7 Å². The molecule has 0 unspecified atom stereocenters. The predicted molar refractivity (Wildman–Crippen MR) is 135 cm³/mol. The number of hydrogen-bond donors (Lipinski definition) is 0. The molecule has 0 aliphatic carbocycles. The third-order valence-corrected chi connectivity index (χ3v) is 7.41. The molecule has 0 bridgehead atoms. The van der Waals surface area contributed by atoms with Gasteiger partial charge in [0.2, 0.25) is 11.9 Å². The fourth-order valence-corrected chi connectivity index (χ4v) is 5.83. The summed E-state index contributed by atoms with van der Waals surface area (Å²) in [5.74, 6) is 2.29. The molecule has 2 saturated heterocycles. The summed E-state index contributed by atoms with van der Waals surface area (Å²) < 4.78 is 6.23. The van der Waals surface area contributed by atoms with E-state index in [1.807, 2.05) is 0 Å². The van der Waals surface area contributed by atoms with Crippen molar-refractivity contribution in [3.05, 3.63) is 36.4 Å². The summed E-state index contributed by atoms with van der Waals surface area (Å²) in [6.45, 7) is 8.37. The number of benzene rings is 2. The highest BCUT2D eigenvalue weighted by atomic mass is 16.3. The van der Waals surface area contributed by atoms with E-state index < -0.39 is 0 Å². The van der Waals surface area contributed by atoms with Crippen molar-refractivity contribution in [3.63, 3.8) is 0 Å². The van der Waals surface area contributed by atoms with Crippen LogP contribution >= 0.6 is 0 Å². The molecule has 4 aliphatic heterocycles. The van der Waals surface area contributed by atoms with Gasteiger partial charge in [0.25, 0.3) is 0 Å². The average Bonchev–Trinajstić information content (AvgIpc) is 3.25. The predicted octanol–water partition coefficient (Wildman–Crippen LogP) is 4.13. The average molecular weight is 443 g/mol. The quantitative estimate of drug-likeness (QED) is 0.597. The second-order valence-corrected chi connectivity index (χ2v) is 9.52. The molecule has 5 heterocycles. The van der Waals surface area contributed by atoms with Crippen molar-refractivity contribution in [1.29, 1.82) is 0 Å². The van der Waals surface area contributed by atoms with Crippen molar-refractivity contribution in [2.24, 2.45) is 9.98 Å². The lowest BCUT2D eigenvalue weighted by Gasteiger charge is -2.41. The van der Waals surface area contributed by atoms with Gasteiger partial charge in [-0.3, -0.25) is 9.98 Å². The minimum atomic E-state index is 0.930. The molecular weight excluding hydrogens is 412 g/mol. The van der Waals surface area contributed by atoms with E-state index in [4.69, 9.17) is 14.4 Å². The van der Waals surface area contributed by atoms with Crippen LogP contribution in [-0.2, 0) is 0 Å². The standard InChI is InChI=1S/C26H30N6O/c1-9-27-25-29(11-1)13-3-15-31(25)19-5-7-23-21(17-19)22-18-20(6-8-24(22)33-23)32-16-4-14-30-12-2-10-28-26(30)32/h5-8,17-18H,1-4,9-16H2. The summed E-state index contributed by atoms with van der Waals surface area (Å²) in [6, 6.07) is 13.2. The zero-order valence-electron chi connectivity index (χ0n) is 19.0. The number of rotatable bonds is 2. The lowest BCUT2D eigenvalue weighted by Crippen LogP contribution is -2.52. The monoisotopic (exact) mass is 442 g/mol. The van der Waals surface area contributed by atoms with Crippen LogP contribution in [0.2, 0.25) is 0 Å². The molecule has 7 rings (SSSR count). The summed E-state index contributed by atoms with van der Waals surface area (Å²) >= 11 is 0. The van der Waals surface area contributed by atoms with Crippen LogP contribution in [0.5, 0.6) is 0 Å². The number of guanidine groups is 2. The summed E-state index contributed by atoms with van der Waals surface area (Å²) in [5, 5.41) is 2.36. The Kier molecular flexibility index (Phi) is 4.48. The summed E-state index contributed by atoms with van der Waals surface area (Å²) in [6.07, 6.45) is 4.65. The normalized spacial score (nSPS) is 21.2. The Balaban J connectivity index is 1.30. The van der Waals surface area contributed by atoms with Crippen LogP contribution in [-0.4, -0.2) is 74.1 Å². The zero-order chi connectivity index (χ0) is 21.8. The maximum Gasteiger partial charge on any atom is 0.201 e. The SMILES string of the molecule is c1cc2oc3ccc(N4CCCN5CCCN=C54)cc3c2cc1N1CCCN2CCCN=C21. The molecule has 2 aromatic carbocycles. The molecule has 170 valence electrons. The van der Waals surface area contributed by atoms with Gasteiger partial charge in [-0.2, -0.15) is 0 Å². The maximum atomic E-state index is 6.23. The van der Waals surface area contributed by atoms with Gasteiger partial charge in [0, 0.05) is 74.5 Å². The van der Waals surface area contributed by atoms with Crippen molar-refractivity contribution >= 4 is 45.2 Å². The van der Waals surface area contributed by atoms with Gasteiger partial charge in [-0.1, -0.05) is 0 Å². The molecule has 0 spiro atoms. The van der Waals surface area contributed by atoms with Crippen molar-refractivity contribution in [2.75, 3.05) is 62.2 Å². The molecule has 0 saturated carbocycles. The van der Waals surface area contributed by atoms with Gasteiger partial charge in [0.05, 0.1) is 0 Å². The molecule has 0 amide bonds. The summed E-state index contributed by atoms with van der Waals surface area (Å²) in [5.41, 5.74) is 4.31. The van der Waals surface area contributed by atoms with Crippen molar-refractivity contribution in [1.82, 2.24) is 9.80 Å². The first-order chi connectivity index (χ1) is 16.3. The lowest BCUT2D eigenvalue weighted by atomic mass is 10.1. The first kappa shape index (κ1) is 19.3. The highest BCUT2D eigenvalue weighted by molar-refractivity contribution is 6.09. The maximum absolute atomic E-state index is 6.23. The van der Waals surface area contributed by atoms with Crippen LogP contribution in [0.4, 0.5) is 11.4 Å². The van der Waals surface area contributed by atoms with E-state index in [-0.39, 0.29) is 0 Å². The molecule has 2 fully saturated rings. The number of furan rings is 1. The van der Waals surface area contributed by atoms with E-state index >= 15 is 0 Å². The molecule has 4 aliphatic rings. The lowest BCUT2D eigenvalue weighted by molar-refractivity contribution is 0.360. The fourth-order valence-electron chi connectivity index (χ4n) is 5.83. The second-order valence-electron chi connectivity index (χ2n) is 9.52. The van der Waals surface area contributed by atoms with E-state index in [2.05, 4.69) is 56.0 Å². The molecule has 7 heteroatoms. The first-order valence-electron chi connectivity index (χ1n) is 12.5. The van der Waals surface area contributed by atoms with Crippen LogP contribution in [0, 0.1) is 0 Å². The van der Waals surface area contributed by atoms with Crippen LogP contribution in [0.25, 0.3) is 21.9 Å². The number of hydrogen-bond acceptors (Lipinski definition) is 7. The largest absolute Gasteiger partial charge is 0.456 e. The first-order valence-corrected chi connectivity index (χ1v) is 12.5. The van der Waals surface area contributed by atoms with Crippen molar-refractivity contribution in [3.8, 4) is 0 Å². The van der Waals surface area contributed by atoms with Crippen LogP contribution < -0.4 is 9.80 Å². The Labute approximate surface area is 194 Å². The van der Waals surface area contributed by atoms with Crippen LogP contribution in [0.15, 0.2) is 50.8 Å². The van der Waals surface area contributed by atoms with Gasteiger partial charge < -0.3 is 24.0 Å². The Morgan fingerprint density at radius 3 is 1.58 bits per heavy atom. The minimum absolute atomic E-state index is 0.930. The van der Waals surface area contributed by atoms with E-state index in [9.17, 15) is 0 Å². The molecule has 3 aromatic rings. The van der Waals surface area contributed by atoms with Gasteiger partial charge in [0.15, 0.2) is 0 Å². The number of aliphatic imine (C=N–C) groups is 2. The Bertz CT molecular complexity index is 1180.